The monoisotopic (exact) mass is 429 g/mol. The highest BCUT2D eigenvalue weighted by atomic mass is 16.2. The molecule has 1 aliphatic rings. The average Bonchev–Trinajstić information content (AvgIpc) is 2.77. The second-order valence-corrected chi connectivity index (χ2v) is 8.86. The zero-order valence-corrected chi connectivity index (χ0v) is 19.6. The number of hydrogen-bond donors (Lipinski definition) is 1. The number of likely N-dealkylation sites (N-methyl/N-ethyl adjacent to an activating group) is 1. The van der Waals surface area contributed by atoms with Crippen LogP contribution in [-0.2, 0) is 20.8 Å². The summed E-state index contributed by atoms with van der Waals surface area (Å²) in [5.74, 6) is 0.395. The number of nitrogens with zero attached hydrogens (tertiary/aromatic N) is 2. The van der Waals surface area contributed by atoms with Gasteiger partial charge in [0.25, 0.3) is 0 Å². The topological polar surface area (TPSA) is 69.7 Å². The molecule has 1 fully saturated rings. The highest BCUT2D eigenvalue weighted by molar-refractivity contribution is 5.88. The third-order valence-corrected chi connectivity index (χ3v) is 6.09. The van der Waals surface area contributed by atoms with Gasteiger partial charge in [-0.15, -0.1) is 0 Å². The lowest BCUT2D eigenvalue weighted by molar-refractivity contribution is -0.139. The van der Waals surface area contributed by atoms with Gasteiger partial charge in [0, 0.05) is 39.0 Å². The van der Waals surface area contributed by atoms with Crippen LogP contribution in [0.25, 0.3) is 0 Å². The van der Waals surface area contributed by atoms with E-state index in [1.165, 1.54) is 5.56 Å². The standard InChI is InChI=1S/C25H39N3O3/c1-5-27(6-2)25(31)24(26-22(29)18-19(3)4)21-14-16-28(17-15-21)23(30)13-12-20-10-8-7-9-11-20/h7-11,19,21,24H,5-6,12-18H2,1-4H3,(H,26,29)/t24-/m0/s1. The van der Waals surface area contributed by atoms with Gasteiger partial charge in [-0.25, -0.2) is 0 Å². The summed E-state index contributed by atoms with van der Waals surface area (Å²) in [6.45, 7) is 10.5. The van der Waals surface area contributed by atoms with Gasteiger partial charge in [-0.3, -0.25) is 14.4 Å². The summed E-state index contributed by atoms with van der Waals surface area (Å²) >= 11 is 0. The molecule has 6 nitrogen and oxygen atoms in total. The molecule has 1 N–H and O–H groups in total. The molecule has 0 spiro atoms. The fraction of sp³-hybridized carbons (Fsp3) is 0.640. The maximum atomic E-state index is 13.1. The molecule has 1 saturated heterocycles. The molecule has 3 amide bonds. The fourth-order valence-corrected chi connectivity index (χ4v) is 4.25. The smallest absolute Gasteiger partial charge is 0.245 e. The molecule has 0 saturated carbocycles. The number of amides is 3. The molecule has 1 aliphatic heterocycles. The van der Waals surface area contributed by atoms with E-state index < -0.39 is 6.04 Å². The molecule has 1 aromatic rings. The Morgan fingerprint density at radius 1 is 1.06 bits per heavy atom. The number of rotatable bonds is 10. The fourth-order valence-electron chi connectivity index (χ4n) is 4.25. The highest BCUT2D eigenvalue weighted by Gasteiger charge is 2.35. The van der Waals surface area contributed by atoms with E-state index in [2.05, 4.69) is 5.32 Å². The number of carbonyl (C=O) groups is 3. The van der Waals surface area contributed by atoms with Crippen molar-refractivity contribution in [3.63, 3.8) is 0 Å². The molecule has 1 heterocycles. The van der Waals surface area contributed by atoms with Crippen molar-refractivity contribution in [2.45, 2.75) is 65.8 Å². The number of benzene rings is 1. The van der Waals surface area contributed by atoms with Gasteiger partial charge in [0.2, 0.25) is 17.7 Å². The number of hydrogen-bond acceptors (Lipinski definition) is 3. The summed E-state index contributed by atoms with van der Waals surface area (Å²) in [6, 6.07) is 9.54. The van der Waals surface area contributed by atoms with E-state index in [4.69, 9.17) is 0 Å². The average molecular weight is 430 g/mol. The molecule has 172 valence electrons. The van der Waals surface area contributed by atoms with Gasteiger partial charge in [-0.2, -0.15) is 0 Å². The molecule has 0 bridgehead atoms. The molecule has 0 unspecified atom stereocenters. The number of nitrogens with one attached hydrogen (secondary N) is 1. The Morgan fingerprint density at radius 3 is 2.23 bits per heavy atom. The van der Waals surface area contributed by atoms with Crippen molar-refractivity contribution in [3.8, 4) is 0 Å². The minimum absolute atomic E-state index is 0.00374. The van der Waals surface area contributed by atoms with Crippen LogP contribution in [0, 0.1) is 11.8 Å². The van der Waals surface area contributed by atoms with Crippen LogP contribution >= 0.6 is 0 Å². The van der Waals surface area contributed by atoms with Crippen LogP contribution in [0.15, 0.2) is 30.3 Å². The van der Waals surface area contributed by atoms with E-state index in [0.717, 1.165) is 19.3 Å². The van der Waals surface area contributed by atoms with Crippen LogP contribution < -0.4 is 5.32 Å². The van der Waals surface area contributed by atoms with Gasteiger partial charge in [0.05, 0.1) is 0 Å². The van der Waals surface area contributed by atoms with Crippen LogP contribution in [0.3, 0.4) is 0 Å². The molecule has 31 heavy (non-hydrogen) atoms. The quantitative estimate of drug-likeness (QED) is 0.621. The molecule has 2 rings (SSSR count). The predicted octanol–water partition coefficient (Wildman–Crippen LogP) is 3.26. The molecule has 1 atom stereocenters. The van der Waals surface area contributed by atoms with Crippen LogP contribution in [-0.4, -0.2) is 59.7 Å². The van der Waals surface area contributed by atoms with Crippen LogP contribution in [0.1, 0.15) is 58.9 Å². The van der Waals surface area contributed by atoms with Gasteiger partial charge in [-0.05, 0) is 50.5 Å². The van der Waals surface area contributed by atoms with Crippen molar-refractivity contribution >= 4 is 17.7 Å². The van der Waals surface area contributed by atoms with E-state index in [1.807, 2.05) is 62.9 Å². The maximum Gasteiger partial charge on any atom is 0.245 e. The zero-order chi connectivity index (χ0) is 22.8. The predicted molar refractivity (Wildman–Crippen MR) is 123 cm³/mol. The van der Waals surface area contributed by atoms with Crippen molar-refractivity contribution in [2.24, 2.45) is 11.8 Å². The Kier molecular flexibility index (Phi) is 10.0. The van der Waals surface area contributed by atoms with Crippen LogP contribution in [0.4, 0.5) is 0 Å². The van der Waals surface area contributed by atoms with E-state index >= 15 is 0 Å². The third-order valence-electron chi connectivity index (χ3n) is 6.09. The largest absolute Gasteiger partial charge is 0.344 e. The Balaban J connectivity index is 1.95. The van der Waals surface area contributed by atoms with Crippen molar-refractivity contribution < 1.29 is 14.4 Å². The number of aryl methyl sites for hydroxylation is 1. The molecule has 0 radical (unpaired) electrons. The van der Waals surface area contributed by atoms with E-state index in [9.17, 15) is 14.4 Å². The summed E-state index contributed by atoms with van der Waals surface area (Å²) in [5.41, 5.74) is 1.17. The van der Waals surface area contributed by atoms with Gasteiger partial charge in [0.15, 0.2) is 0 Å². The first kappa shape index (κ1) is 24.9. The normalized spacial score (nSPS) is 15.6. The van der Waals surface area contributed by atoms with Crippen LogP contribution in [0.5, 0.6) is 0 Å². The lowest BCUT2D eigenvalue weighted by Gasteiger charge is -2.37. The Bertz CT molecular complexity index is 708. The third kappa shape index (κ3) is 7.67. The number of carbonyl (C=O) groups excluding carboxylic acids is 3. The molecular weight excluding hydrogens is 390 g/mol. The van der Waals surface area contributed by atoms with E-state index in [0.29, 0.717) is 39.0 Å². The SMILES string of the molecule is CCN(CC)C(=O)[C@@H](NC(=O)CC(C)C)C1CCN(C(=O)CCc2ccccc2)CC1. The summed E-state index contributed by atoms with van der Waals surface area (Å²) in [7, 11) is 0. The second-order valence-electron chi connectivity index (χ2n) is 8.86. The summed E-state index contributed by atoms with van der Waals surface area (Å²) in [4.78, 5) is 42.0. The zero-order valence-electron chi connectivity index (χ0n) is 19.6. The minimum Gasteiger partial charge on any atom is -0.344 e. The maximum absolute atomic E-state index is 13.1. The first-order chi connectivity index (χ1) is 14.8. The van der Waals surface area contributed by atoms with Crippen molar-refractivity contribution in [1.29, 1.82) is 0 Å². The molecule has 0 aromatic heterocycles. The van der Waals surface area contributed by atoms with Crippen molar-refractivity contribution in [1.82, 2.24) is 15.1 Å². The van der Waals surface area contributed by atoms with E-state index in [-0.39, 0.29) is 29.6 Å². The van der Waals surface area contributed by atoms with Gasteiger partial charge >= 0.3 is 0 Å². The highest BCUT2D eigenvalue weighted by Crippen LogP contribution is 2.23. The lowest BCUT2D eigenvalue weighted by atomic mass is 9.88. The Hall–Kier alpha value is -2.37. The van der Waals surface area contributed by atoms with Crippen molar-refractivity contribution in [2.75, 3.05) is 26.2 Å². The number of piperidine rings is 1. The second kappa shape index (κ2) is 12.5. The molecular formula is C25H39N3O3. The molecule has 6 heteroatoms. The molecule has 0 aliphatic carbocycles. The Morgan fingerprint density at radius 2 is 1.68 bits per heavy atom. The minimum atomic E-state index is -0.507. The first-order valence-electron chi connectivity index (χ1n) is 11.8. The summed E-state index contributed by atoms with van der Waals surface area (Å²) in [5, 5.41) is 3.02. The molecule has 1 aromatic carbocycles. The summed E-state index contributed by atoms with van der Waals surface area (Å²) in [6.07, 6.45) is 3.13. The van der Waals surface area contributed by atoms with Gasteiger partial charge in [0.1, 0.15) is 6.04 Å². The number of likely N-dealkylation sites (tertiary alicyclic amines) is 1. The Labute approximate surface area is 187 Å². The lowest BCUT2D eigenvalue weighted by Crippen LogP contribution is -2.54. The van der Waals surface area contributed by atoms with Gasteiger partial charge in [-0.1, -0.05) is 44.2 Å². The first-order valence-corrected chi connectivity index (χ1v) is 11.8. The van der Waals surface area contributed by atoms with Crippen molar-refractivity contribution in [3.05, 3.63) is 35.9 Å². The van der Waals surface area contributed by atoms with E-state index in [1.54, 1.807) is 4.90 Å². The van der Waals surface area contributed by atoms with Crippen LogP contribution in [0.2, 0.25) is 0 Å². The summed E-state index contributed by atoms with van der Waals surface area (Å²) < 4.78 is 0. The van der Waals surface area contributed by atoms with Gasteiger partial charge < -0.3 is 15.1 Å².